The number of aliphatic imine (C=N–C) groups is 1. The second-order valence-electron chi connectivity index (χ2n) is 6.82. The smallest absolute Gasteiger partial charge is 0.208 e. The van der Waals surface area contributed by atoms with E-state index in [4.69, 9.17) is 0 Å². The van der Waals surface area contributed by atoms with Crippen molar-refractivity contribution in [2.75, 3.05) is 39.0 Å². The van der Waals surface area contributed by atoms with Crippen LogP contribution < -0.4 is 15.4 Å². The standard InChI is InChI=1S/C16H33N5O2S/c1-3-17-16(18-10-11-19-24(2,22)23)20-14-8-12-21(13-9-14)15-6-4-5-7-15/h14-15,19H,3-13H2,1-2H3,(H2,17,18,20). The lowest BCUT2D eigenvalue weighted by molar-refractivity contribution is 0.150. The molecule has 0 radical (unpaired) electrons. The van der Waals surface area contributed by atoms with Gasteiger partial charge in [-0.15, -0.1) is 0 Å². The van der Waals surface area contributed by atoms with E-state index in [1.54, 1.807) is 0 Å². The fourth-order valence-corrected chi connectivity index (χ4v) is 4.05. The number of nitrogens with zero attached hydrogens (tertiary/aromatic N) is 2. The fourth-order valence-electron chi connectivity index (χ4n) is 3.59. The number of hydrogen-bond acceptors (Lipinski definition) is 4. The molecule has 1 heterocycles. The molecule has 2 fully saturated rings. The van der Waals surface area contributed by atoms with Crippen molar-refractivity contribution >= 4 is 16.0 Å². The highest BCUT2D eigenvalue weighted by Crippen LogP contribution is 2.26. The quantitative estimate of drug-likeness (QED) is 0.350. The summed E-state index contributed by atoms with van der Waals surface area (Å²) in [5.41, 5.74) is 0. The van der Waals surface area contributed by atoms with Crippen molar-refractivity contribution in [1.82, 2.24) is 20.3 Å². The molecule has 0 aromatic heterocycles. The third kappa shape index (κ3) is 6.94. The van der Waals surface area contributed by atoms with Crippen molar-refractivity contribution in [2.24, 2.45) is 4.99 Å². The van der Waals surface area contributed by atoms with Crippen LogP contribution in [0.15, 0.2) is 4.99 Å². The number of rotatable bonds is 7. The first kappa shape index (κ1) is 19.5. The monoisotopic (exact) mass is 359 g/mol. The summed E-state index contributed by atoms with van der Waals surface area (Å²) in [6.45, 7) is 5.93. The lowest BCUT2D eigenvalue weighted by Gasteiger charge is -2.36. The second kappa shape index (κ2) is 9.58. The molecular formula is C16H33N5O2S. The molecule has 2 aliphatic rings. The average molecular weight is 360 g/mol. The van der Waals surface area contributed by atoms with Gasteiger partial charge in [-0.05, 0) is 32.6 Å². The minimum atomic E-state index is -3.14. The van der Waals surface area contributed by atoms with Crippen LogP contribution >= 0.6 is 0 Å². The zero-order valence-electron chi connectivity index (χ0n) is 15.1. The topological polar surface area (TPSA) is 85.8 Å². The second-order valence-corrected chi connectivity index (χ2v) is 8.65. The van der Waals surface area contributed by atoms with Gasteiger partial charge in [0.2, 0.25) is 10.0 Å². The lowest BCUT2D eigenvalue weighted by atomic mass is 10.0. The van der Waals surface area contributed by atoms with E-state index < -0.39 is 10.0 Å². The van der Waals surface area contributed by atoms with Crippen molar-refractivity contribution in [3.8, 4) is 0 Å². The molecule has 0 spiro atoms. The number of sulfonamides is 1. The Morgan fingerprint density at radius 2 is 1.83 bits per heavy atom. The minimum Gasteiger partial charge on any atom is -0.357 e. The van der Waals surface area contributed by atoms with Gasteiger partial charge in [-0.25, -0.2) is 13.1 Å². The van der Waals surface area contributed by atoms with Gasteiger partial charge >= 0.3 is 0 Å². The van der Waals surface area contributed by atoms with Crippen molar-refractivity contribution in [3.63, 3.8) is 0 Å². The molecule has 7 nitrogen and oxygen atoms in total. The van der Waals surface area contributed by atoms with Crippen LogP contribution in [0.1, 0.15) is 45.4 Å². The van der Waals surface area contributed by atoms with E-state index in [1.165, 1.54) is 25.7 Å². The fraction of sp³-hybridized carbons (Fsp3) is 0.938. The van der Waals surface area contributed by atoms with Gasteiger partial charge in [-0.3, -0.25) is 4.99 Å². The molecule has 2 rings (SSSR count). The summed E-state index contributed by atoms with van der Waals surface area (Å²) in [4.78, 5) is 7.12. The average Bonchev–Trinajstić information content (AvgIpc) is 3.06. The Balaban J connectivity index is 1.74. The van der Waals surface area contributed by atoms with Crippen LogP contribution in [0, 0.1) is 0 Å². The molecule has 1 saturated heterocycles. The number of likely N-dealkylation sites (tertiary alicyclic amines) is 1. The van der Waals surface area contributed by atoms with Gasteiger partial charge < -0.3 is 15.5 Å². The summed E-state index contributed by atoms with van der Waals surface area (Å²) in [6.07, 6.45) is 8.97. The normalized spacial score (nSPS) is 22.0. The molecule has 0 amide bonds. The predicted octanol–water partition coefficient (Wildman–Crippen LogP) is 0.498. The van der Waals surface area contributed by atoms with Crippen LogP contribution in [-0.2, 0) is 10.0 Å². The highest BCUT2D eigenvalue weighted by Gasteiger charge is 2.27. The molecular weight excluding hydrogens is 326 g/mol. The Morgan fingerprint density at radius 3 is 2.42 bits per heavy atom. The van der Waals surface area contributed by atoms with Crippen molar-refractivity contribution in [1.29, 1.82) is 0 Å². The molecule has 1 aliphatic carbocycles. The SMILES string of the molecule is CCNC(=NCCNS(C)(=O)=O)NC1CCN(C2CCCC2)CC1. The molecule has 0 atom stereocenters. The van der Waals surface area contributed by atoms with Crippen LogP contribution in [0.4, 0.5) is 0 Å². The van der Waals surface area contributed by atoms with E-state index >= 15 is 0 Å². The maximum atomic E-state index is 11.1. The van der Waals surface area contributed by atoms with Gasteiger partial charge in [0.1, 0.15) is 0 Å². The first-order valence-electron chi connectivity index (χ1n) is 9.21. The van der Waals surface area contributed by atoms with Gasteiger partial charge in [-0.1, -0.05) is 12.8 Å². The molecule has 0 aromatic carbocycles. The Bertz CT molecular complexity index is 495. The molecule has 0 unspecified atom stereocenters. The van der Waals surface area contributed by atoms with E-state index in [-0.39, 0.29) is 0 Å². The Morgan fingerprint density at radius 1 is 1.17 bits per heavy atom. The largest absolute Gasteiger partial charge is 0.357 e. The summed E-state index contributed by atoms with van der Waals surface area (Å²) < 4.78 is 24.6. The zero-order valence-corrected chi connectivity index (χ0v) is 15.9. The number of piperidine rings is 1. The number of guanidine groups is 1. The van der Waals surface area contributed by atoms with Crippen LogP contribution in [0.3, 0.4) is 0 Å². The minimum absolute atomic E-state index is 0.329. The maximum absolute atomic E-state index is 11.1. The van der Waals surface area contributed by atoms with Gasteiger partial charge in [0.25, 0.3) is 0 Å². The molecule has 0 aromatic rings. The Labute approximate surface area is 146 Å². The highest BCUT2D eigenvalue weighted by molar-refractivity contribution is 7.88. The summed E-state index contributed by atoms with van der Waals surface area (Å²) in [6, 6.07) is 1.26. The van der Waals surface area contributed by atoms with E-state index in [9.17, 15) is 8.42 Å². The van der Waals surface area contributed by atoms with Crippen molar-refractivity contribution in [2.45, 2.75) is 57.5 Å². The number of nitrogens with one attached hydrogen (secondary N) is 3. The molecule has 1 saturated carbocycles. The molecule has 8 heteroatoms. The van der Waals surface area contributed by atoms with E-state index in [1.807, 2.05) is 6.92 Å². The molecule has 3 N–H and O–H groups in total. The summed E-state index contributed by atoms with van der Waals surface area (Å²) in [5.74, 6) is 0.784. The zero-order chi connectivity index (χ0) is 17.4. The predicted molar refractivity (Wildman–Crippen MR) is 98.8 cm³/mol. The molecule has 0 bridgehead atoms. The molecule has 24 heavy (non-hydrogen) atoms. The highest BCUT2D eigenvalue weighted by atomic mass is 32.2. The third-order valence-electron chi connectivity index (χ3n) is 4.80. The van der Waals surface area contributed by atoms with Crippen LogP contribution in [0.5, 0.6) is 0 Å². The maximum Gasteiger partial charge on any atom is 0.208 e. The first-order valence-corrected chi connectivity index (χ1v) is 11.1. The Kier molecular flexibility index (Phi) is 7.77. The molecule has 140 valence electrons. The summed E-state index contributed by atoms with van der Waals surface area (Å²) in [5, 5.41) is 6.74. The molecule has 1 aliphatic heterocycles. The Hall–Kier alpha value is -0.860. The van der Waals surface area contributed by atoms with Crippen LogP contribution in [0.25, 0.3) is 0 Å². The van der Waals surface area contributed by atoms with Gasteiger partial charge in [-0.2, -0.15) is 0 Å². The van der Waals surface area contributed by atoms with E-state index in [0.717, 1.165) is 50.7 Å². The van der Waals surface area contributed by atoms with Gasteiger partial charge in [0.15, 0.2) is 5.96 Å². The van der Waals surface area contributed by atoms with Crippen LogP contribution in [-0.4, -0.2) is 70.3 Å². The van der Waals surface area contributed by atoms with Gasteiger partial charge in [0.05, 0.1) is 12.8 Å². The van der Waals surface area contributed by atoms with E-state index in [0.29, 0.717) is 19.1 Å². The van der Waals surface area contributed by atoms with E-state index in [2.05, 4.69) is 25.2 Å². The van der Waals surface area contributed by atoms with Crippen molar-refractivity contribution < 1.29 is 8.42 Å². The van der Waals surface area contributed by atoms with Gasteiger partial charge in [0, 0.05) is 38.3 Å². The lowest BCUT2D eigenvalue weighted by Crippen LogP contribution is -2.50. The summed E-state index contributed by atoms with van der Waals surface area (Å²) >= 11 is 0. The number of hydrogen-bond donors (Lipinski definition) is 3. The van der Waals surface area contributed by atoms with Crippen molar-refractivity contribution in [3.05, 3.63) is 0 Å². The summed E-state index contributed by atoms with van der Waals surface area (Å²) in [7, 11) is -3.14. The third-order valence-corrected chi connectivity index (χ3v) is 5.53. The first-order chi connectivity index (χ1) is 11.5. The van der Waals surface area contributed by atoms with Crippen LogP contribution in [0.2, 0.25) is 0 Å².